The van der Waals surface area contributed by atoms with E-state index in [-0.39, 0.29) is 5.75 Å². The van der Waals surface area contributed by atoms with Crippen molar-refractivity contribution < 1.29 is 19.8 Å². The van der Waals surface area contributed by atoms with Crippen LogP contribution in [0.5, 0.6) is 5.75 Å². The van der Waals surface area contributed by atoms with Crippen LogP contribution in [0.25, 0.3) is 0 Å². The third-order valence-corrected chi connectivity index (χ3v) is 1.83. The predicted molar refractivity (Wildman–Crippen MR) is 56.0 cm³/mol. The Bertz CT molecular complexity index is 451. The molecule has 0 aliphatic heterocycles. The number of benzene rings is 1. The molecule has 0 aromatic heterocycles. The largest absolute Gasteiger partial charge is 0.872 e. The van der Waals surface area contributed by atoms with Gasteiger partial charge in [-0.1, -0.05) is 12.1 Å². The van der Waals surface area contributed by atoms with Gasteiger partial charge in [0.25, 0.3) is 0 Å². The van der Waals surface area contributed by atoms with Gasteiger partial charge in [-0.25, -0.2) is 4.79 Å². The van der Waals surface area contributed by atoms with E-state index in [2.05, 4.69) is 5.32 Å². The van der Waals surface area contributed by atoms with Crippen molar-refractivity contribution in [2.45, 2.75) is 6.92 Å². The van der Waals surface area contributed by atoms with E-state index in [0.29, 0.717) is 11.3 Å². The van der Waals surface area contributed by atoms with E-state index in [1.165, 1.54) is 18.2 Å². The van der Waals surface area contributed by atoms with Crippen LogP contribution >= 0.6 is 0 Å². The number of amides is 1. The molecule has 5 heteroatoms. The fraction of sp³-hybridized carbons (Fsp3) is 0.0909. The quantitative estimate of drug-likeness (QED) is 0.732. The highest BCUT2D eigenvalue weighted by Gasteiger charge is 2.01. The van der Waals surface area contributed by atoms with Crippen LogP contribution in [0.4, 0.5) is 5.69 Å². The number of aliphatic carboxylic acids is 1. The topological polar surface area (TPSA) is 89.5 Å². The molecule has 84 valence electrons. The van der Waals surface area contributed by atoms with Gasteiger partial charge in [-0.2, -0.15) is 0 Å². The number of anilines is 1. The summed E-state index contributed by atoms with van der Waals surface area (Å²) in [5.74, 6) is -1.89. The Morgan fingerprint density at radius 2 is 2.06 bits per heavy atom. The Morgan fingerprint density at radius 1 is 1.38 bits per heavy atom. The highest BCUT2D eigenvalue weighted by Crippen LogP contribution is 2.18. The first-order chi connectivity index (χ1) is 7.49. The molecule has 1 amide bonds. The zero-order valence-corrected chi connectivity index (χ0v) is 8.56. The molecule has 0 spiro atoms. The second kappa shape index (κ2) is 4.97. The van der Waals surface area contributed by atoms with Crippen LogP contribution in [0.2, 0.25) is 0 Å². The molecule has 0 saturated heterocycles. The third-order valence-electron chi connectivity index (χ3n) is 1.83. The fourth-order valence-electron chi connectivity index (χ4n) is 1.10. The van der Waals surface area contributed by atoms with Crippen LogP contribution in [-0.4, -0.2) is 17.0 Å². The minimum atomic E-state index is -1.19. The summed E-state index contributed by atoms with van der Waals surface area (Å²) in [6, 6.07) is 4.18. The molecule has 5 nitrogen and oxygen atoms in total. The molecule has 0 bridgehead atoms. The number of hydrogen-bond acceptors (Lipinski definition) is 3. The number of carbonyl (C=O) groups excluding carboxylic acids is 1. The van der Waals surface area contributed by atoms with Crippen LogP contribution in [0.15, 0.2) is 30.4 Å². The van der Waals surface area contributed by atoms with Gasteiger partial charge in [0.15, 0.2) is 0 Å². The van der Waals surface area contributed by atoms with Crippen molar-refractivity contribution in [3.8, 4) is 5.75 Å². The number of carbonyl (C=O) groups is 2. The number of hydrogen-bond donors (Lipinski definition) is 2. The smallest absolute Gasteiger partial charge is 0.328 e. The van der Waals surface area contributed by atoms with Gasteiger partial charge in [0.2, 0.25) is 5.91 Å². The van der Waals surface area contributed by atoms with Crippen LogP contribution in [0.3, 0.4) is 0 Å². The summed E-state index contributed by atoms with van der Waals surface area (Å²) in [4.78, 5) is 21.4. The Kier molecular flexibility index (Phi) is 3.66. The van der Waals surface area contributed by atoms with E-state index in [4.69, 9.17) is 5.11 Å². The molecule has 0 aliphatic rings. The molecule has 0 unspecified atom stereocenters. The SMILES string of the molecule is Cc1cc([O-])ccc1NC(=O)/C=C\C(=O)O. The molecule has 0 heterocycles. The van der Waals surface area contributed by atoms with Crippen LogP contribution in [-0.2, 0) is 9.59 Å². The third kappa shape index (κ3) is 3.45. The van der Waals surface area contributed by atoms with Crippen LogP contribution < -0.4 is 10.4 Å². The normalized spacial score (nSPS) is 10.3. The summed E-state index contributed by atoms with van der Waals surface area (Å²) in [5, 5.41) is 21.7. The van der Waals surface area contributed by atoms with E-state index in [9.17, 15) is 14.7 Å². The second-order valence-electron chi connectivity index (χ2n) is 3.14. The number of aryl methyl sites for hydroxylation is 1. The van der Waals surface area contributed by atoms with E-state index in [1.807, 2.05) is 0 Å². The summed E-state index contributed by atoms with van der Waals surface area (Å²) in [6.07, 6.45) is 1.65. The summed E-state index contributed by atoms with van der Waals surface area (Å²) in [6.45, 7) is 1.68. The molecule has 0 radical (unpaired) electrons. The van der Waals surface area contributed by atoms with Crippen LogP contribution in [0.1, 0.15) is 5.56 Å². The minimum Gasteiger partial charge on any atom is -0.872 e. The average Bonchev–Trinajstić information content (AvgIpc) is 2.19. The van der Waals surface area contributed by atoms with Gasteiger partial charge < -0.3 is 15.5 Å². The van der Waals surface area contributed by atoms with Crippen molar-refractivity contribution in [1.82, 2.24) is 0 Å². The van der Waals surface area contributed by atoms with Crippen molar-refractivity contribution in [3.05, 3.63) is 35.9 Å². The van der Waals surface area contributed by atoms with Gasteiger partial charge in [-0.05, 0) is 18.6 Å². The summed E-state index contributed by atoms with van der Waals surface area (Å²) in [5.41, 5.74) is 1.12. The number of carboxylic acids is 1. The number of carboxylic acid groups (broad SMARTS) is 1. The van der Waals surface area contributed by atoms with Crippen molar-refractivity contribution in [2.75, 3.05) is 5.32 Å². The van der Waals surface area contributed by atoms with Gasteiger partial charge in [0.1, 0.15) is 0 Å². The molecule has 1 rings (SSSR count). The first-order valence-corrected chi connectivity index (χ1v) is 4.48. The standard InChI is InChI=1S/C11H11NO4/c1-7-6-8(13)2-3-9(7)12-10(14)4-5-11(15)16/h2-6,13H,1H3,(H,12,14)(H,15,16)/p-1/b5-4-. The minimum absolute atomic E-state index is 0.142. The highest BCUT2D eigenvalue weighted by atomic mass is 16.4. The van der Waals surface area contributed by atoms with Gasteiger partial charge in [-0.15, -0.1) is 5.75 Å². The van der Waals surface area contributed by atoms with E-state index in [0.717, 1.165) is 12.2 Å². The van der Waals surface area contributed by atoms with Crippen LogP contribution in [0, 0.1) is 6.92 Å². The van der Waals surface area contributed by atoms with E-state index >= 15 is 0 Å². The second-order valence-corrected chi connectivity index (χ2v) is 3.14. The lowest BCUT2D eigenvalue weighted by Gasteiger charge is -2.10. The van der Waals surface area contributed by atoms with Crippen molar-refractivity contribution in [3.63, 3.8) is 0 Å². The number of rotatable bonds is 3. The zero-order chi connectivity index (χ0) is 12.1. The first-order valence-electron chi connectivity index (χ1n) is 4.48. The van der Waals surface area contributed by atoms with Gasteiger partial charge >= 0.3 is 5.97 Å². The maximum absolute atomic E-state index is 11.2. The lowest BCUT2D eigenvalue weighted by atomic mass is 10.2. The van der Waals surface area contributed by atoms with E-state index < -0.39 is 11.9 Å². The summed E-state index contributed by atoms with van der Waals surface area (Å²) < 4.78 is 0. The molecule has 1 aromatic carbocycles. The molecule has 16 heavy (non-hydrogen) atoms. The summed E-state index contributed by atoms with van der Waals surface area (Å²) in [7, 11) is 0. The lowest BCUT2D eigenvalue weighted by molar-refractivity contribution is -0.268. The Hall–Kier alpha value is -2.30. The molecule has 0 fully saturated rings. The Labute approximate surface area is 92.0 Å². The Morgan fingerprint density at radius 3 is 2.62 bits per heavy atom. The van der Waals surface area contributed by atoms with Crippen molar-refractivity contribution in [1.29, 1.82) is 0 Å². The predicted octanol–water partition coefficient (Wildman–Crippen LogP) is 0.648. The molecule has 2 N–H and O–H groups in total. The number of nitrogens with one attached hydrogen (secondary N) is 1. The van der Waals surface area contributed by atoms with Gasteiger partial charge in [-0.3, -0.25) is 4.79 Å². The lowest BCUT2D eigenvalue weighted by Crippen LogP contribution is -2.10. The maximum Gasteiger partial charge on any atom is 0.328 e. The Balaban J connectivity index is 2.73. The average molecular weight is 220 g/mol. The monoisotopic (exact) mass is 220 g/mol. The van der Waals surface area contributed by atoms with Crippen molar-refractivity contribution in [2.24, 2.45) is 0 Å². The van der Waals surface area contributed by atoms with E-state index in [1.54, 1.807) is 6.92 Å². The molecule has 0 aliphatic carbocycles. The summed E-state index contributed by atoms with van der Waals surface area (Å²) >= 11 is 0. The molecular formula is C11H10NO4-. The molecular weight excluding hydrogens is 210 g/mol. The maximum atomic E-state index is 11.2. The molecule has 0 atom stereocenters. The molecule has 0 saturated carbocycles. The first kappa shape index (κ1) is 11.8. The molecule has 1 aromatic rings. The fourth-order valence-corrected chi connectivity index (χ4v) is 1.10. The zero-order valence-electron chi connectivity index (χ0n) is 8.56. The van der Waals surface area contributed by atoms with Gasteiger partial charge in [0, 0.05) is 17.8 Å². The van der Waals surface area contributed by atoms with Crippen molar-refractivity contribution >= 4 is 17.6 Å². The van der Waals surface area contributed by atoms with Gasteiger partial charge in [0.05, 0.1) is 0 Å². The highest BCUT2D eigenvalue weighted by molar-refractivity contribution is 6.02.